The molecule has 0 saturated heterocycles. The Morgan fingerprint density at radius 1 is 1.03 bits per heavy atom. The zero-order valence-corrected chi connectivity index (χ0v) is 17.3. The molecule has 1 N–H and O–H groups in total. The third-order valence-electron chi connectivity index (χ3n) is 6.52. The number of benzene rings is 2. The van der Waals surface area contributed by atoms with E-state index in [0.29, 0.717) is 17.5 Å². The van der Waals surface area contributed by atoms with Crippen molar-refractivity contribution in [3.63, 3.8) is 0 Å². The molecule has 1 heterocycles. The van der Waals surface area contributed by atoms with Gasteiger partial charge in [-0.3, -0.25) is 9.78 Å². The minimum absolute atomic E-state index is 0.0235. The minimum atomic E-state index is -0.305. The smallest absolute Gasteiger partial charge is 0.227 e. The average Bonchev–Trinajstić information content (AvgIpc) is 2.75. The molecular formula is C25H26F2N2O. The zero-order valence-electron chi connectivity index (χ0n) is 17.3. The maximum atomic E-state index is 13.8. The number of pyridine rings is 1. The van der Waals surface area contributed by atoms with Crippen molar-refractivity contribution in [2.75, 3.05) is 5.32 Å². The topological polar surface area (TPSA) is 42.0 Å². The number of rotatable bonds is 4. The molecule has 5 heteroatoms. The number of aryl methyl sites for hydroxylation is 1. The summed E-state index contributed by atoms with van der Waals surface area (Å²) in [7, 11) is 0. The van der Waals surface area contributed by atoms with Crippen LogP contribution in [0.4, 0.5) is 14.5 Å². The van der Waals surface area contributed by atoms with Crippen LogP contribution in [0.15, 0.2) is 48.7 Å². The lowest BCUT2D eigenvalue weighted by atomic mass is 9.73. The van der Waals surface area contributed by atoms with Gasteiger partial charge in [0.05, 0.1) is 5.52 Å². The quantitative estimate of drug-likeness (QED) is 0.545. The molecule has 4 rings (SSSR count). The summed E-state index contributed by atoms with van der Waals surface area (Å²) in [5.41, 5.74) is 3.35. The maximum absolute atomic E-state index is 13.8. The molecule has 30 heavy (non-hydrogen) atoms. The van der Waals surface area contributed by atoms with Crippen LogP contribution in [-0.2, 0) is 4.79 Å². The number of amides is 1. The highest BCUT2D eigenvalue weighted by molar-refractivity contribution is 5.93. The fraction of sp³-hybridized carbons (Fsp3) is 0.360. The van der Waals surface area contributed by atoms with Crippen molar-refractivity contribution < 1.29 is 13.6 Å². The number of carbonyl (C=O) groups is 1. The zero-order chi connectivity index (χ0) is 21.3. The Bertz CT molecular complexity index is 1070. The summed E-state index contributed by atoms with van der Waals surface area (Å²) in [6, 6.07) is 11.1. The monoisotopic (exact) mass is 408 g/mol. The summed E-state index contributed by atoms with van der Waals surface area (Å²) in [5, 5.41) is 3.84. The lowest BCUT2D eigenvalue weighted by Crippen LogP contribution is -2.29. The van der Waals surface area contributed by atoms with Gasteiger partial charge in [0.15, 0.2) is 0 Å². The van der Waals surface area contributed by atoms with Crippen LogP contribution >= 0.6 is 0 Å². The Morgan fingerprint density at radius 2 is 1.73 bits per heavy atom. The lowest BCUT2D eigenvalue weighted by molar-refractivity contribution is -0.121. The number of nitrogens with one attached hydrogen (secondary N) is 1. The third-order valence-corrected chi connectivity index (χ3v) is 6.52. The van der Waals surface area contributed by atoms with E-state index in [0.717, 1.165) is 47.7 Å². The Morgan fingerprint density at radius 3 is 2.47 bits per heavy atom. The number of anilines is 1. The molecule has 1 aliphatic rings. The van der Waals surface area contributed by atoms with Gasteiger partial charge in [0.1, 0.15) is 11.6 Å². The molecule has 1 saturated carbocycles. The normalized spacial score (nSPS) is 20.1. The van der Waals surface area contributed by atoms with E-state index in [1.54, 1.807) is 31.3 Å². The van der Waals surface area contributed by atoms with E-state index in [1.807, 2.05) is 13.0 Å². The molecule has 1 amide bonds. The number of fused-ring (bicyclic) bond motifs is 1. The molecule has 0 radical (unpaired) electrons. The first-order valence-electron chi connectivity index (χ1n) is 10.5. The van der Waals surface area contributed by atoms with Crippen LogP contribution in [0.1, 0.15) is 49.7 Å². The molecule has 0 spiro atoms. The van der Waals surface area contributed by atoms with Crippen LogP contribution < -0.4 is 5.32 Å². The third kappa shape index (κ3) is 4.20. The molecule has 0 bridgehead atoms. The summed E-state index contributed by atoms with van der Waals surface area (Å²) < 4.78 is 27.1. The largest absolute Gasteiger partial charge is 0.326 e. The fourth-order valence-corrected chi connectivity index (χ4v) is 4.65. The molecule has 3 aromatic rings. The van der Waals surface area contributed by atoms with Crippen LogP contribution in [-0.4, -0.2) is 10.9 Å². The summed E-state index contributed by atoms with van der Waals surface area (Å²) in [5.74, 6) is -0.0474. The predicted molar refractivity (Wildman–Crippen MR) is 115 cm³/mol. The standard InChI is InChI=1S/C25H26F2N2O/c1-15-13-19(26)7-9-23(15)29-25(30)16(2)17-3-5-18(6-4-17)21-11-12-28-24-10-8-20(27)14-22(21)24/h7-14,16-18H,3-6H2,1-2H3,(H,29,30)/t16-,17-,18+/m1/s1. The molecule has 1 atom stereocenters. The highest BCUT2D eigenvalue weighted by atomic mass is 19.1. The number of aromatic nitrogens is 1. The minimum Gasteiger partial charge on any atom is -0.326 e. The maximum Gasteiger partial charge on any atom is 0.227 e. The molecule has 156 valence electrons. The first-order valence-corrected chi connectivity index (χ1v) is 10.5. The van der Waals surface area contributed by atoms with E-state index in [1.165, 1.54) is 18.2 Å². The van der Waals surface area contributed by atoms with E-state index in [9.17, 15) is 13.6 Å². The van der Waals surface area contributed by atoms with Gasteiger partial charge in [-0.05, 0) is 98.0 Å². The van der Waals surface area contributed by atoms with Crippen LogP contribution in [0.3, 0.4) is 0 Å². The molecule has 2 aromatic carbocycles. The molecule has 0 aliphatic heterocycles. The Kier molecular flexibility index (Phi) is 5.80. The highest BCUT2D eigenvalue weighted by Crippen LogP contribution is 2.41. The first-order chi connectivity index (χ1) is 14.4. The van der Waals surface area contributed by atoms with E-state index >= 15 is 0 Å². The van der Waals surface area contributed by atoms with E-state index in [2.05, 4.69) is 10.3 Å². The number of hydrogen-bond acceptors (Lipinski definition) is 2. The second kappa shape index (κ2) is 8.50. The van der Waals surface area contributed by atoms with Crippen LogP contribution in [0.2, 0.25) is 0 Å². The van der Waals surface area contributed by atoms with Crippen LogP contribution in [0.5, 0.6) is 0 Å². The SMILES string of the molecule is Cc1cc(F)ccc1NC(=O)[C@H](C)[C@H]1CC[C@@H](c2ccnc3ccc(F)cc32)CC1. The van der Waals surface area contributed by atoms with Crippen LogP contribution in [0.25, 0.3) is 10.9 Å². The Hall–Kier alpha value is -2.82. The molecule has 3 nitrogen and oxygen atoms in total. The van der Waals surface area contributed by atoms with Gasteiger partial charge in [-0.1, -0.05) is 6.92 Å². The molecular weight excluding hydrogens is 382 g/mol. The average molecular weight is 408 g/mol. The second-order valence-electron chi connectivity index (χ2n) is 8.41. The number of carbonyl (C=O) groups excluding carboxylic acids is 1. The number of halogens is 2. The van der Waals surface area contributed by atoms with Gasteiger partial charge >= 0.3 is 0 Å². The van der Waals surface area contributed by atoms with Crippen molar-refractivity contribution >= 4 is 22.5 Å². The van der Waals surface area contributed by atoms with Gasteiger partial charge in [0, 0.05) is 23.2 Å². The number of nitrogens with zero attached hydrogens (tertiary/aromatic N) is 1. The summed E-state index contributed by atoms with van der Waals surface area (Å²) >= 11 is 0. The summed E-state index contributed by atoms with van der Waals surface area (Å²) in [4.78, 5) is 17.1. The van der Waals surface area contributed by atoms with Crippen molar-refractivity contribution in [3.8, 4) is 0 Å². The fourth-order valence-electron chi connectivity index (χ4n) is 4.65. The van der Waals surface area contributed by atoms with Gasteiger partial charge in [-0.15, -0.1) is 0 Å². The van der Waals surface area contributed by atoms with Gasteiger partial charge in [0.25, 0.3) is 0 Å². The lowest BCUT2D eigenvalue weighted by Gasteiger charge is -2.32. The van der Waals surface area contributed by atoms with Crippen molar-refractivity contribution in [3.05, 3.63) is 71.4 Å². The number of hydrogen-bond donors (Lipinski definition) is 1. The highest BCUT2D eigenvalue weighted by Gasteiger charge is 2.30. The van der Waals surface area contributed by atoms with E-state index < -0.39 is 0 Å². The van der Waals surface area contributed by atoms with Gasteiger partial charge in [-0.25, -0.2) is 8.78 Å². The van der Waals surface area contributed by atoms with Crippen molar-refractivity contribution in [1.82, 2.24) is 4.98 Å². The second-order valence-corrected chi connectivity index (χ2v) is 8.41. The Balaban J connectivity index is 1.42. The summed E-state index contributed by atoms with van der Waals surface area (Å²) in [6.07, 6.45) is 5.62. The molecule has 1 aliphatic carbocycles. The molecule has 0 unspecified atom stereocenters. The molecule has 1 aromatic heterocycles. The van der Waals surface area contributed by atoms with Gasteiger partial charge in [-0.2, -0.15) is 0 Å². The summed E-state index contributed by atoms with van der Waals surface area (Å²) in [6.45, 7) is 3.76. The van der Waals surface area contributed by atoms with Crippen molar-refractivity contribution in [1.29, 1.82) is 0 Å². The molecule has 1 fully saturated rings. The van der Waals surface area contributed by atoms with E-state index in [4.69, 9.17) is 0 Å². The van der Waals surface area contributed by atoms with Crippen molar-refractivity contribution in [2.24, 2.45) is 11.8 Å². The Labute approximate surface area is 175 Å². The van der Waals surface area contributed by atoms with Gasteiger partial charge in [0.2, 0.25) is 5.91 Å². The van der Waals surface area contributed by atoms with Crippen molar-refractivity contribution in [2.45, 2.75) is 45.4 Å². The van der Waals surface area contributed by atoms with E-state index in [-0.39, 0.29) is 23.5 Å². The first kappa shape index (κ1) is 20.5. The van der Waals surface area contributed by atoms with Crippen LogP contribution in [0, 0.1) is 30.4 Å². The van der Waals surface area contributed by atoms with Gasteiger partial charge < -0.3 is 5.32 Å². The predicted octanol–water partition coefficient (Wildman–Crippen LogP) is 6.37.